The summed E-state index contributed by atoms with van der Waals surface area (Å²) in [5, 5.41) is 5.49. The van der Waals surface area contributed by atoms with Crippen molar-refractivity contribution in [3.05, 3.63) is 35.4 Å². The molecule has 2 unspecified atom stereocenters. The second kappa shape index (κ2) is 12.4. The topological polar surface area (TPSA) is 131 Å². The van der Waals surface area contributed by atoms with E-state index in [1.165, 1.54) is 4.90 Å². The van der Waals surface area contributed by atoms with E-state index in [2.05, 4.69) is 16.6 Å². The van der Waals surface area contributed by atoms with E-state index in [1.807, 2.05) is 20.8 Å². The molecule has 198 valence electrons. The van der Waals surface area contributed by atoms with Gasteiger partial charge in [0.05, 0.1) is 0 Å². The lowest BCUT2D eigenvalue weighted by Crippen LogP contribution is -2.56. The van der Waals surface area contributed by atoms with Gasteiger partial charge in [-0.15, -0.1) is 6.42 Å². The molecule has 0 bridgehead atoms. The minimum absolute atomic E-state index is 0.0684. The maximum Gasteiger partial charge on any atom is 0.408 e. The fraction of sp³-hybridized carbons (Fsp3) is 0.556. The highest BCUT2D eigenvalue weighted by atomic mass is 16.6. The molecule has 0 radical (unpaired) electrons. The Labute approximate surface area is 214 Å². The van der Waals surface area contributed by atoms with Gasteiger partial charge in [0.1, 0.15) is 17.7 Å². The van der Waals surface area contributed by atoms with E-state index in [-0.39, 0.29) is 12.8 Å². The standard InChI is InChI=1S/C27H40N4O5/c1-10-18-13-11-12-14-19(18)22(23(33)30-26(4,5)6)31(17(2)3)24(34)20(15-16-21(28)32)29-25(35)36-27(7,8)9/h1,11-14,17,20,22H,15-16H2,2-9H3,(H2,28,32)(H,29,35)(H,30,33). The molecule has 1 aromatic rings. The molecule has 0 spiro atoms. The molecule has 4 amide bonds. The molecule has 2 atom stereocenters. The number of rotatable bonds is 9. The number of benzene rings is 1. The number of amides is 4. The lowest BCUT2D eigenvalue weighted by molar-refractivity contribution is -0.145. The smallest absolute Gasteiger partial charge is 0.408 e. The zero-order chi connectivity index (χ0) is 27.8. The third kappa shape index (κ3) is 9.61. The zero-order valence-corrected chi connectivity index (χ0v) is 22.6. The van der Waals surface area contributed by atoms with Crippen LogP contribution in [0.4, 0.5) is 4.79 Å². The highest BCUT2D eigenvalue weighted by Gasteiger charge is 2.39. The number of primary amides is 1. The number of carbonyl (C=O) groups excluding carboxylic acids is 4. The van der Waals surface area contributed by atoms with Crippen LogP contribution in [0.2, 0.25) is 0 Å². The lowest BCUT2D eigenvalue weighted by atomic mass is 9.95. The molecule has 4 N–H and O–H groups in total. The van der Waals surface area contributed by atoms with Crippen LogP contribution in [-0.2, 0) is 19.1 Å². The van der Waals surface area contributed by atoms with Gasteiger partial charge in [0.15, 0.2) is 0 Å². The summed E-state index contributed by atoms with van der Waals surface area (Å²) in [6, 6.07) is 4.14. The van der Waals surface area contributed by atoms with E-state index in [0.29, 0.717) is 11.1 Å². The van der Waals surface area contributed by atoms with Crippen LogP contribution in [0.1, 0.15) is 85.4 Å². The Bertz CT molecular complexity index is 999. The average molecular weight is 501 g/mol. The Kier molecular flexibility index (Phi) is 10.5. The van der Waals surface area contributed by atoms with Gasteiger partial charge in [-0.3, -0.25) is 14.4 Å². The largest absolute Gasteiger partial charge is 0.444 e. The van der Waals surface area contributed by atoms with Gasteiger partial charge in [-0.1, -0.05) is 24.1 Å². The highest BCUT2D eigenvalue weighted by Crippen LogP contribution is 2.28. The Balaban J connectivity index is 3.59. The zero-order valence-electron chi connectivity index (χ0n) is 22.6. The van der Waals surface area contributed by atoms with Crippen LogP contribution in [0.15, 0.2) is 24.3 Å². The van der Waals surface area contributed by atoms with Gasteiger partial charge >= 0.3 is 6.09 Å². The van der Waals surface area contributed by atoms with Crippen molar-refractivity contribution in [2.45, 2.75) is 97.5 Å². The molecule has 0 fully saturated rings. The second-order valence-electron chi connectivity index (χ2n) is 10.9. The maximum atomic E-state index is 14.0. The minimum atomic E-state index is -1.17. The van der Waals surface area contributed by atoms with Gasteiger partial charge in [0.2, 0.25) is 17.7 Å². The number of nitrogens with one attached hydrogen (secondary N) is 2. The van der Waals surface area contributed by atoms with Gasteiger partial charge in [0.25, 0.3) is 0 Å². The average Bonchev–Trinajstić information content (AvgIpc) is 2.71. The fourth-order valence-electron chi connectivity index (χ4n) is 3.58. The summed E-state index contributed by atoms with van der Waals surface area (Å²) in [7, 11) is 0. The van der Waals surface area contributed by atoms with Crippen LogP contribution < -0.4 is 16.4 Å². The first-order chi connectivity index (χ1) is 16.5. The van der Waals surface area contributed by atoms with Gasteiger partial charge in [0, 0.05) is 23.6 Å². The van der Waals surface area contributed by atoms with Crippen molar-refractivity contribution in [3.63, 3.8) is 0 Å². The lowest BCUT2D eigenvalue weighted by Gasteiger charge is -2.38. The van der Waals surface area contributed by atoms with E-state index in [0.717, 1.165) is 0 Å². The predicted molar refractivity (Wildman–Crippen MR) is 139 cm³/mol. The van der Waals surface area contributed by atoms with Gasteiger partial charge in [-0.05, 0) is 73.4 Å². The summed E-state index contributed by atoms with van der Waals surface area (Å²) in [5.41, 5.74) is 4.85. The third-order valence-corrected chi connectivity index (χ3v) is 4.91. The molecule has 1 aromatic carbocycles. The Morgan fingerprint density at radius 3 is 2.14 bits per heavy atom. The summed E-state index contributed by atoms with van der Waals surface area (Å²) in [5.74, 6) is 0.951. The molecule has 0 aliphatic carbocycles. The van der Waals surface area contributed by atoms with Gasteiger partial charge in [-0.2, -0.15) is 0 Å². The first-order valence-corrected chi connectivity index (χ1v) is 11.9. The van der Waals surface area contributed by atoms with E-state index in [9.17, 15) is 19.2 Å². The van der Waals surface area contributed by atoms with Crippen molar-refractivity contribution in [1.82, 2.24) is 15.5 Å². The van der Waals surface area contributed by atoms with E-state index >= 15 is 0 Å². The summed E-state index contributed by atoms with van der Waals surface area (Å²) in [4.78, 5) is 53.0. The van der Waals surface area contributed by atoms with Crippen LogP contribution in [0.3, 0.4) is 0 Å². The number of ether oxygens (including phenoxy) is 1. The molecule has 0 saturated heterocycles. The van der Waals surface area contributed by atoms with Crippen LogP contribution >= 0.6 is 0 Å². The van der Waals surface area contributed by atoms with Gasteiger partial charge < -0.3 is 26.0 Å². The summed E-state index contributed by atoms with van der Waals surface area (Å²) in [6.45, 7) is 14.1. The Hall–Kier alpha value is -3.54. The van der Waals surface area contributed by atoms with E-state index in [1.54, 1.807) is 58.9 Å². The van der Waals surface area contributed by atoms with Crippen molar-refractivity contribution >= 4 is 23.8 Å². The predicted octanol–water partition coefficient (Wildman–Crippen LogP) is 3.02. The molecule has 0 aliphatic heterocycles. The summed E-state index contributed by atoms with van der Waals surface area (Å²) < 4.78 is 5.32. The first-order valence-electron chi connectivity index (χ1n) is 11.9. The Morgan fingerprint density at radius 1 is 1.08 bits per heavy atom. The van der Waals surface area contributed by atoms with Crippen LogP contribution in [-0.4, -0.2) is 51.9 Å². The molecule has 1 rings (SSSR count). The summed E-state index contributed by atoms with van der Waals surface area (Å²) in [6.07, 6.45) is 4.68. The van der Waals surface area contributed by atoms with Crippen LogP contribution in [0.5, 0.6) is 0 Å². The fourth-order valence-corrected chi connectivity index (χ4v) is 3.58. The van der Waals surface area contributed by atoms with E-state index < -0.39 is 53.1 Å². The molecule has 9 heteroatoms. The van der Waals surface area contributed by atoms with Crippen LogP contribution in [0, 0.1) is 12.3 Å². The molecule has 0 aromatic heterocycles. The number of hydrogen-bond donors (Lipinski definition) is 3. The molecule has 36 heavy (non-hydrogen) atoms. The number of carbonyl (C=O) groups is 4. The number of terminal acetylenes is 1. The SMILES string of the molecule is C#Cc1ccccc1C(C(=O)NC(C)(C)C)N(C(=O)C(CCC(N)=O)NC(=O)OC(C)(C)C)C(C)C. The molecular formula is C27H40N4O5. The normalized spacial score (nSPS) is 13.2. The number of nitrogens with zero attached hydrogens (tertiary/aromatic N) is 1. The van der Waals surface area contributed by atoms with E-state index in [4.69, 9.17) is 16.9 Å². The highest BCUT2D eigenvalue weighted by molar-refractivity contribution is 5.93. The van der Waals surface area contributed by atoms with Crippen molar-refractivity contribution in [3.8, 4) is 12.3 Å². The summed E-state index contributed by atoms with van der Waals surface area (Å²) >= 11 is 0. The first kappa shape index (κ1) is 30.5. The quantitative estimate of drug-likeness (QED) is 0.449. The van der Waals surface area contributed by atoms with Crippen molar-refractivity contribution in [1.29, 1.82) is 0 Å². The second-order valence-corrected chi connectivity index (χ2v) is 10.9. The number of alkyl carbamates (subject to hydrolysis) is 1. The van der Waals surface area contributed by atoms with Crippen LogP contribution in [0.25, 0.3) is 0 Å². The van der Waals surface area contributed by atoms with Crippen molar-refractivity contribution in [2.24, 2.45) is 5.73 Å². The molecule has 0 aliphatic rings. The molecule has 0 saturated carbocycles. The number of nitrogens with two attached hydrogens (primary N) is 1. The molecule has 0 heterocycles. The third-order valence-electron chi connectivity index (χ3n) is 4.91. The molecule has 9 nitrogen and oxygen atoms in total. The van der Waals surface area contributed by atoms with Gasteiger partial charge in [-0.25, -0.2) is 4.79 Å². The monoisotopic (exact) mass is 500 g/mol. The minimum Gasteiger partial charge on any atom is -0.444 e. The maximum absolute atomic E-state index is 14.0. The Morgan fingerprint density at radius 2 is 1.67 bits per heavy atom. The molecular weight excluding hydrogens is 460 g/mol. The van der Waals surface area contributed by atoms with Crippen molar-refractivity contribution < 1.29 is 23.9 Å². The van der Waals surface area contributed by atoms with Crippen molar-refractivity contribution in [2.75, 3.05) is 0 Å². The number of hydrogen-bond acceptors (Lipinski definition) is 5.